The molecule has 0 saturated carbocycles. The molecule has 68 valence electrons. The Morgan fingerprint density at radius 1 is 1.46 bits per heavy atom. The van der Waals surface area contributed by atoms with Gasteiger partial charge >= 0.3 is 0 Å². The van der Waals surface area contributed by atoms with E-state index in [1.54, 1.807) is 0 Å². The van der Waals surface area contributed by atoms with Crippen molar-refractivity contribution >= 4 is 5.71 Å². The van der Waals surface area contributed by atoms with Crippen LogP contribution < -0.4 is 5.43 Å². The minimum Gasteiger partial charge on any atom is -0.508 e. The molecule has 0 amide bonds. The quantitative estimate of drug-likeness (QED) is 0.682. The number of phenols is 1. The zero-order valence-electron chi connectivity index (χ0n) is 6.92. The van der Waals surface area contributed by atoms with Gasteiger partial charge in [0.1, 0.15) is 11.6 Å². The van der Waals surface area contributed by atoms with Crippen LogP contribution in [-0.2, 0) is 0 Å². The predicted molar refractivity (Wildman–Crippen MR) is 47.2 cm³/mol. The minimum absolute atomic E-state index is 0.0622. The standard InChI is InChI=1S/C9H9FN2O/c10-8-5-6(13)1-2-7(8)9-3-4-11-12-9/h1-2,5,11,13H,3-4H2. The zero-order chi connectivity index (χ0) is 9.26. The number of nitrogens with zero attached hydrogens (tertiary/aromatic N) is 1. The SMILES string of the molecule is Oc1ccc(C2=NNCC2)c(F)c1. The number of aromatic hydroxyl groups is 1. The highest BCUT2D eigenvalue weighted by atomic mass is 19.1. The molecule has 1 aliphatic heterocycles. The molecule has 0 fully saturated rings. The van der Waals surface area contributed by atoms with Crippen LogP contribution in [-0.4, -0.2) is 17.4 Å². The molecule has 1 heterocycles. The Bertz CT molecular complexity index is 363. The van der Waals surface area contributed by atoms with Crippen LogP contribution in [0.5, 0.6) is 5.75 Å². The Kier molecular flexibility index (Phi) is 1.88. The highest BCUT2D eigenvalue weighted by Crippen LogP contribution is 2.17. The van der Waals surface area contributed by atoms with Gasteiger partial charge in [-0.25, -0.2) is 4.39 Å². The summed E-state index contributed by atoms with van der Waals surface area (Å²) in [5.74, 6) is -0.491. The first-order chi connectivity index (χ1) is 6.27. The van der Waals surface area contributed by atoms with Crippen molar-refractivity contribution < 1.29 is 9.50 Å². The van der Waals surface area contributed by atoms with Crippen molar-refractivity contribution in [3.63, 3.8) is 0 Å². The Morgan fingerprint density at radius 2 is 2.31 bits per heavy atom. The van der Waals surface area contributed by atoms with Gasteiger partial charge in [-0.2, -0.15) is 5.10 Å². The maximum atomic E-state index is 13.2. The first-order valence-corrected chi connectivity index (χ1v) is 4.05. The molecule has 3 nitrogen and oxygen atoms in total. The second-order valence-corrected chi connectivity index (χ2v) is 2.88. The van der Waals surface area contributed by atoms with Gasteiger partial charge in [-0.3, -0.25) is 0 Å². The number of hydrogen-bond acceptors (Lipinski definition) is 3. The summed E-state index contributed by atoms with van der Waals surface area (Å²) in [6.07, 6.45) is 0.724. The van der Waals surface area contributed by atoms with Gasteiger partial charge in [0.2, 0.25) is 0 Å². The van der Waals surface area contributed by atoms with Crippen LogP contribution in [0.25, 0.3) is 0 Å². The van der Waals surface area contributed by atoms with E-state index in [1.807, 2.05) is 0 Å². The van der Waals surface area contributed by atoms with Crippen LogP contribution in [0, 0.1) is 5.82 Å². The number of halogens is 1. The molecular weight excluding hydrogens is 171 g/mol. The predicted octanol–water partition coefficient (Wildman–Crippen LogP) is 1.23. The molecule has 1 aliphatic rings. The number of hydrogen-bond donors (Lipinski definition) is 2. The summed E-state index contributed by atoms with van der Waals surface area (Å²) in [4.78, 5) is 0. The normalized spacial score (nSPS) is 15.3. The van der Waals surface area contributed by atoms with Crippen molar-refractivity contribution in [2.45, 2.75) is 6.42 Å². The first kappa shape index (κ1) is 8.04. The van der Waals surface area contributed by atoms with E-state index < -0.39 is 5.82 Å². The van der Waals surface area contributed by atoms with Gasteiger partial charge in [-0.05, 0) is 12.1 Å². The van der Waals surface area contributed by atoms with Crippen LogP contribution >= 0.6 is 0 Å². The average molecular weight is 180 g/mol. The Hall–Kier alpha value is -1.58. The van der Waals surface area contributed by atoms with Crippen molar-refractivity contribution in [1.29, 1.82) is 0 Å². The summed E-state index contributed by atoms with van der Waals surface area (Å²) in [5.41, 5.74) is 3.94. The Labute approximate surface area is 74.9 Å². The van der Waals surface area contributed by atoms with Crippen molar-refractivity contribution in [2.24, 2.45) is 5.10 Å². The topological polar surface area (TPSA) is 44.6 Å². The lowest BCUT2D eigenvalue weighted by Gasteiger charge is -2.01. The lowest BCUT2D eigenvalue weighted by molar-refractivity contribution is 0.469. The Morgan fingerprint density at radius 3 is 2.92 bits per heavy atom. The molecule has 2 N–H and O–H groups in total. The third-order valence-electron chi connectivity index (χ3n) is 1.95. The second kappa shape index (κ2) is 3.05. The zero-order valence-corrected chi connectivity index (χ0v) is 6.92. The fraction of sp³-hybridized carbons (Fsp3) is 0.222. The van der Waals surface area contributed by atoms with Crippen molar-refractivity contribution in [3.8, 4) is 5.75 Å². The molecule has 0 saturated heterocycles. The molecule has 4 heteroatoms. The lowest BCUT2D eigenvalue weighted by atomic mass is 10.1. The fourth-order valence-electron chi connectivity index (χ4n) is 1.31. The molecule has 0 spiro atoms. The molecular formula is C9H9FN2O. The summed E-state index contributed by atoms with van der Waals surface area (Å²) < 4.78 is 13.2. The van der Waals surface area contributed by atoms with E-state index in [9.17, 15) is 4.39 Å². The smallest absolute Gasteiger partial charge is 0.136 e. The van der Waals surface area contributed by atoms with Crippen molar-refractivity contribution in [2.75, 3.05) is 6.54 Å². The summed E-state index contributed by atoms with van der Waals surface area (Å²) in [5, 5.41) is 12.9. The van der Waals surface area contributed by atoms with Crippen molar-refractivity contribution in [3.05, 3.63) is 29.6 Å². The molecule has 0 atom stereocenters. The third kappa shape index (κ3) is 1.47. The maximum Gasteiger partial charge on any atom is 0.136 e. The molecule has 13 heavy (non-hydrogen) atoms. The second-order valence-electron chi connectivity index (χ2n) is 2.88. The van der Waals surface area contributed by atoms with Crippen LogP contribution in [0.1, 0.15) is 12.0 Å². The molecule has 0 unspecified atom stereocenters. The molecule has 0 radical (unpaired) electrons. The van der Waals surface area contributed by atoms with Gasteiger partial charge < -0.3 is 10.5 Å². The molecule has 1 aromatic rings. The number of rotatable bonds is 1. The van der Waals surface area contributed by atoms with Crippen LogP contribution in [0.4, 0.5) is 4.39 Å². The van der Waals surface area contributed by atoms with Gasteiger partial charge in [0.15, 0.2) is 0 Å². The van der Waals surface area contributed by atoms with Crippen molar-refractivity contribution in [1.82, 2.24) is 5.43 Å². The molecule has 0 aliphatic carbocycles. The van der Waals surface area contributed by atoms with E-state index >= 15 is 0 Å². The van der Waals surface area contributed by atoms with E-state index in [0.717, 1.165) is 19.0 Å². The van der Waals surface area contributed by atoms with Gasteiger partial charge in [0.05, 0.1) is 5.71 Å². The van der Waals surface area contributed by atoms with Gasteiger partial charge in [-0.1, -0.05) is 0 Å². The molecule has 1 aromatic carbocycles. The van der Waals surface area contributed by atoms with Gasteiger partial charge in [0.25, 0.3) is 0 Å². The molecule has 0 bridgehead atoms. The fourth-order valence-corrected chi connectivity index (χ4v) is 1.31. The first-order valence-electron chi connectivity index (χ1n) is 4.05. The van der Waals surface area contributed by atoms with Gasteiger partial charge in [0, 0.05) is 24.6 Å². The average Bonchev–Trinajstić information content (AvgIpc) is 2.56. The van der Waals surface area contributed by atoms with E-state index in [0.29, 0.717) is 11.3 Å². The highest BCUT2D eigenvalue weighted by Gasteiger charge is 2.13. The monoisotopic (exact) mass is 180 g/mol. The van der Waals surface area contributed by atoms with Crippen LogP contribution in [0.2, 0.25) is 0 Å². The largest absolute Gasteiger partial charge is 0.508 e. The number of hydrazone groups is 1. The van der Waals surface area contributed by atoms with E-state index in [2.05, 4.69) is 10.5 Å². The van der Waals surface area contributed by atoms with E-state index in [-0.39, 0.29) is 5.75 Å². The van der Waals surface area contributed by atoms with Crippen LogP contribution in [0.3, 0.4) is 0 Å². The summed E-state index contributed by atoms with van der Waals surface area (Å²) in [7, 11) is 0. The Balaban J connectivity index is 2.40. The van der Waals surface area contributed by atoms with Crippen LogP contribution in [0.15, 0.2) is 23.3 Å². The summed E-state index contributed by atoms with van der Waals surface area (Å²) >= 11 is 0. The third-order valence-corrected chi connectivity index (χ3v) is 1.95. The van der Waals surface area contributed by atoms with E-state index in [1.165, 1.54) is 12.1 Å². The lowest BCUT2D eigenvalue weighted by Crippen LogP contribution is -2.00. The van der Waals surface area contributed by atoms with Gasteiger partial charge in [-0.15, -0.1) is 0 Å². The number of benzene rings is 1. The number of phenolic OH excluding ortho intramolecular Hbond substituents is 1. The highest BCUT2D eigenvalue weighted by molar-refractivity contribution is 6.01. The summed E-state index contributed by atoms with van der Waals surface area (Å²) in [6.45, 7) is 0.746. The summed E-state index contributed by atoms with van der Waals surface area (Å²) in [6, 6.07) is 4.09. The van der Waals surface area contributed by atoms with E-state index in [4.69, 9.17) is 5.11 Å². The minimum atomic E-state index is -0.428. The number of nitrogens with one attached hydrogen (secondary N) is 1. The maximum absolute atomic E-state index is 13.2. The molecule has 0 aromatic heterocycles. The molecule has 2 rings (SSSR count).